The molecule has 1 saturated carbocycles. The van der Waals surface area contributed by atoms with Crippen LogP contribution in [0.25, 0.3) is 11.3 Å². The molecular weight excluding hydrogens is 339 g/mol. The highest BCUT2D eigenvalue weighted by Crippen LogP contribution is 2.50. The Morgan fingerprint density at radius 3 is 2.48 bits per heavy atom. The van der Waals surface area contributed by atoms with Gasteiger partial charge in [-0.05, 0) is 49.1 Å². The first-order valence-corrected chi connectivity index (χ1v) is 8.63. The molecule has 1 fully saturated rings. The molecule has 0 saturated heterocycles. The van der Waals surface area contributed by atoms with Gasteiger partial charge in [0.15, 0.2) is 0 Å². The van der Waals surface area contributed by atoms with Gasteiger partial charge in [-0.2, -0.15) is 5.10 Å². The zero-order valence-electron chi connectivity index (χ0n) is 13.8. The van der Waals surface area contributed by atoms with Crippen molar-refractivity contribution in [3.63, 3.8) is 0 Å². The molecule has 0 spiro atoms. The van der Waals surface area contributed by atoms with Crippen molar-refractivity contribution in [1.82, 2.24) is 10.2 Å². The normalized spacial score (nSPS) is 22.6. The van der Waals surface area contributed by atoms with Crippen LogP contribution in [0.2, 0.25) is 5.02 Å². The zero-order valence-corrected chi connectivity index (χ0v) is 14.5. The van der Waals surface area contributed by atoms with Gasteiger partial charge in [-0.3, -0.25) is 5.10 Å². The van der Waals surface area contributed by atoms with Gasteiger partial charge in [0.05, 0.1) is 16.8 Å². The Morgan fingerprint density at radius 2 is 1.84 bits per heavy atom. The molecule has 3 nitrogen and oxygen atoms in total. The Hall–Kier alpha value is -2.17. The highest BCUT2D eigenvalue weighted by Gasteiger charge is 2.48. The summed E-state index contributed by atoms with van der Waals surface area (Å²) in [6.45, 7) is 2.01. The molecule has 25 heavy (non-hydrogen) atoms. The molecule has 3 aromatic rings. The van der Waals surface area contributed by atoms with Gasteiger partial charge in [-0.1, -0.05) is 41.9 Å². The molecule has 1 heterocycles. The minimum absolute atomic E-state index is 0.267. The highest BCUT2D eigenvalue weighted by atomic mass is 35.5. The average Bonchev–Trinajstić information content (AvgIpc) is 2.95. The lowest BCUT2D eigenvalue weighted by atomic mass is 9.60. The molecule has 2 aromatic carbocycles. The predicted molar refractivity (Wildman–Crippen MR) is 96.2 cm³/mol. The molecule has 4 rings (SSSR count). The van der Waals surface area contributed by atoms with E-state index in [1.54, 1.807) is 12.1 Å². The topological polar surface area (TPSA) is 48.9 Å². The van der Waals surface area contributed by atoms with E-state index in [4.69, 9.17) is 11.6 Å². The van der Waals surface area contributed by atoms with E-state index in [0.29, 0.717) is 17.9 Å². The van der Waals surface area contributed by atoms with E-state index in [2.05, 4.69) is 10.2 Å². The second-order valence-corrected chi connectivity index (χ2v) is 7.11. The number of rotatable bonds is 3. The SMILES string of the molecule is Cc1c(-c2ccccc2Cl)n[nH]c1C1(c2ccc(F)cc2)CC(O)C1. The van der Waals surface area contributed by atoms with Gasteiger partial charge in [0.25, 0.3) is 0 Å². The third-order valence-electron chi connectivity index (χ3n) is 5.18. The van der Waals surface area contributed by atoms with E-state index in [9.17, 15) is 9.50 Å². The van der Waals surface area contributed by atoms with E-state index in [0.717, 1.165) is 28.1 Å². The van der Waals surface area contributed by atoms with E-state index in [-0.39, 0.29) is 17.3 Å². The summed E-state index contributed by atoms with van der Waals surface area (Å²) >= 11 is 6.32. The Kier molecular flexibility index (Phi) is 3.89. The van der Waals surface area contributed by atoms with Crippen molar-refractivity contribution in [1.29, 1.82) is 0 Å². The standard InChI is InChI=1S/C20H18ClFN2O/c1-12-18(16-4-2-3-5-17(16)21)23-24-19(12)20(10-15(25)11-20)13-6-8-14(22)9-7-13/h2-9,15,25H,10-11H2,1H3,(H,23,24). The van der Waals surface area contributed by atoms with Crippen molar-refractivity contribution in [2.45, 2.75) is 31.3 Å². The molecule has 5 heteroatoms. The van der Waals surface area contributed by atoms with Crippen LogP contribution >= 0.6 is 11.6 Å². The number of hydrogen-bond donors (Lipinski definition) is 2. The smallest absolute Gasteiger partial charge is 0.123 e. The lowest BCUT2D eigenvalue weighted by molar-refractivity contribution is 0.0354. The number of H-pyrrole nitrogens is 1. The quantitative estimate of drug-likeness (QED) is 0.719. The molecule has 0 atom stereocenters. The van der Waals surface area contributed by atoms with Gasteiger partial charge in [0.2, 0.25) is 0 Å². The third-order valence-corrected chi connectivity index (χ3v) is 5.51. The van der Waals surface area contributed by atoms with Crippen LogP contribution in [0.5, 0.6) is 0 Å². The van der Waals surface area contributed by atoms with Crippen molar-refractivity contribution in [3.05, 3.63) is 76.2 Å². The van der Waals surface area contributed by atoms with E-state index in [1.165, 1.54) is 12.1 Å². The van der Waals surface area contributed by atoms with Crippen LogP contribution in [0.15, 0.2) is 48.5 Å². The van der Waals surface area contributed by atoms with Crippen LogP contribution in [0.1, 0.15) is 29.7 Å². The molecule has 0 unspecified atom stereocenters. The highest BCUT2D eigenvalue weighted by molar-refractivity contribution is 6.33. The lowest BCUT2D eigenvalue weighted by Gasteiger charge is -2.45. The zero-order chi connectivity index (χ0) is 17.6. The maximum Gasteiger partial charge on any atom is 0.123 e. The van der Waals surface area contributed by atoms with Crippen LogP contribution in [0.4, 0.5) is 4.39 Å². The molecule has 0 aliphatic heterocycles. The number of halogens is 2. The van der Waals surface area contributed by atoms with Gasteiger partial charge in [0, 0.05) is 16.7 Å². The fraction of sp³-hybridized carbons (Fsp3) is 0.250. The third kappa shape index (κ3) is 2.57. The number of benzene rings is 2. The Balaban J connectivity index is 1.83. The van der Waals surface area contributed by atoms with Gasteiger partial charge < -0.3 is 5.11 Å². The number of aromatic nitrogens is 2. The minimum atomic E-state index is -0.371. The maximum atomic E-state index is 13.3. The van der Waals surface area contributed by atoms with Gasteiger partial charge in [-0.15, -0.1) is 0 Å². The number of aliphatic hydroxyl groups excluding tert-OH is 1. The molecule has 1 aliphatic carbocycles. The van der Waals surface area contributed by atoms with E-state index < -0.39 is 0 Å². The van der Waals surface area contributed by atoms with Crippen LogP contribution in [0, 0.1) is 12.7 Å². The fourth-order valence-electron chi connectivity index (χ4n) is 3.88. The van der Waals surface area contributed by atoms with Crippen molar-refractivity contribution < 1.29 is 9.50 Å². The molecule has 1 aliphatic rings. The first-order valence-electron chi connectivity index (χ1n) is 8.26. The summed E-state index contributed by atoms with van der Waals surface area (Å²) in [6, 6.07) is 14.1. The number of hydrogen-bond acceptors (Lipinski definition) is 2. The Labute approximate surface area is 150 Å². The summed E-state index contributed by atoms with van der Waals surface area (Å²) in [5.41, 5.74) is 4.26. The molecule has 1 aromatic heterocycles. The monoisotopic (exact) mass is 356 g/mol. The first-order chi connectivity index (χ1) is 12.0. The van der Waals surface area contributed by atoms with Crippen LogP contribution in [-0.4, -0.2) is 21.4 Å². The summed E-state index contributed by atoms with van der Waals surface area (Å²) in [4.78, 5) is 0. The Morgan fingerprint density at radius 1 is 1.16 bits per heavy atom. The summed E-state index contributed by atoms with van der Waals surface area (Å²) in [6.07, 6.45) is 0.810. The lowest BCUT2D eigenvalue weighted by Crippen LogP contribution is -2.46. The summed E-state index contributed by atoms with van der Waals surface area (Å²) in [5.74, 6) is -0.267. The summed E-state index contributed by atoms with van der Waals surface area (Å²) < 4.78 is 13.3. The summed E-state index contributed by atoms with van der Waals surface area (Å²) in [5, 5.41) is 18.3. The van der Waals surface area contributed by atoms with Gasteiger partial charge >= 0.3 is 0 Å². The number of nitrogens with zero attached hydrogens (tertiary/aromatic N) is 1. The Bertz CT molecular complexity index is 914. The van der Waals surface area contributed by atoms with E-state index >= 15 is 0 Å². The van der Waals surface area contributed by atoms with E-state index in [1.807, 2.05) is 31.2 Å². The van der Waals surface area contributed by atoms with Crippen LogP contribution < -0.4 is 0 Å². The molecule has 2 N–H and O–H groups in total. The second kappa shape index (κ2) is 5.97. The number of aliphatic hydroxyl groups is 1. The molecule has 0 bridgehead atoms. The van der Waals surface area contributed by atoms with Crippen molar-refractivity contribution >= 4 is 11.6 Å². The fourth-order valence-corrected chi connectivity index (χ4v) is 4.10. The molecule has 0 radical (unpaired) electrons. The molecule has 128 valence electrons. The maximum absolute atomic E-state index is 13.3. The van der Waals surface area contributed by atoms with Crippen molar-refractivity contribution in [2.75, 3.05) is 0 Å². The minimum Gasteiger partial charge on any atom is -0.393 e. The molecular formula is C20H18ClFN2O. The predicted octanol–water partition coefficient (Wildman–Crippen LogP) is 4.62. The average molecular weight is 357 g/mol. The van der Waals surface area contributed by atoms with Gasteiger partial charge in [-0.25, -0.2) is 4.39 Å². The van der Waals surface area contributed by atoms with Crippen molar-refractivity contribution in [3.8, 4) is 11.3 Å². The van der Waals surface area contributed by atoms with Crippen LogP contribution in [-0.2, 0) is 5.41 Å². The number of aromatic amines is 1. The summed E-state index contributed by atoms with van der Waals surface area (Å²) in [7, 11) is 0. The van der Waals surface area contributed by atoms with Crippen molar-refractivity contribution in [2.24, 2.45) is 0 Å². The second-order valence-electron chi connectivity index (χ2n) is 6.70. The largest absolute Gasteiger partial charge is 0.393 e. The number of nitrogens with one attached hydrogen (secondary N) is 1. The molecule has 0 amide bonds. The van der Waals surface area contributed by atoms with Gasteiger partial charge in [0.1, 0.15) is 5.82 Å². The first kappa shape index (κ1) is 16.3. The van der Waals surface area contributed by atoms with Crippen LogP contribution in [0.3, 0.4) is 0 Å².